The average Bonchev–Trinajstić information content (AvgIpc) is 2.20. The Labute approximate surface area is 98.8 Å². The molecule has 0 aromatic carbocycles. The Morgan fingerprint density at radius 2 is 1.82 bits per heavy atom. The molecule has 0 saturated carbocycles. The molecule has 0 aliphatic heterocycles. The van der Waals surface area contributed by atoms with E-state index in [4.69, 9.17) is 14.9 Å². The number of rotatable bonds is 8. The maximum absolute atomic E-state index is 11.3. The fourth-order valence-corrected chi connectivity index (χ4v) is 1.00. The third-order valence-electron chi connectivity index (χ3n) is 1.83. The van der Waals surface area contributed by atoms with Crippen molar-refractivity contribution in [2.24, 2.45) is 0 Å². The van der Waals surface area contributed by atoms with Crippen LogP contribution in [0.25, 0.3) is 0 Å². The Kier molecular flexibility index (Phi) is 6.88. The second kappa shape index (κ2) is 7.61. The smallest absolute Gasteiger partial charge is 0.326 e. The molecule has 0 saturated heterocycles. The van der Waals surface area contributed by atoms with E-state index in [0.29, 0.717) is 0 Å². The number of carbonyl (C=O) groups excluding carboxylic acids is 1. The molecule has 0 rings (SSSR count). The summed E-state index contributed by atoms with van der Waals surface area (Å²) in [4.78, 5) is 32.3. The minimum Gasteiger partial charge on any atom is -0.481 e. The molecular formula is C10H17NO6. The molecule has 0 aliphatic carbocycles. The van der Waals surface area contributed by atoms with Gasteiger partial charge in [-0.15, -0.1) is 0 Å². The van der Waals surface area contributed by atoms with E-state index >= 15 is 0 Å². The molecule has 17 heavy (non-hydrogen) atoms. The van der Waals surface area contributed by atoms with E-state index in [1.165, 1.54) is 0 Å². The first kappa shape index (κ1) is 15.4. The van der Waals surface area contributed by atoms with E-state index in [1.807, 2.05) is 0 Å². The summed E-state index contributed by atoms with van der Waals surface area (Å²) in [6.07, 6.45) is -0.608. The fourth-order valence-electron chi connectivity index (χ4n) is 1.00. The van der Waals surface area contributed by atoms with Crippen LogP contribution in [0, 0.1) is 0 Å². The van der Waals surface area contributed by atoms with E-state index in [-0.39, 0.29) is 25.6 Å². The van der Waals surface area contributed by atoms with Gasteiger partial charge in [0.25, 0.3) is 0 Å². The number of carboxylic acid groups (broad SMARTS) is 2. The van der Waals surface area contributed by atoms with Gasteiger partial charge in [-0.1, -0.05) is 0 Å². The lowest BCUT2D eigenvalue weighted by atomic mass is 10.1. The summed E-state index contributed by atoms with van der Waals surface area (Å²) in [5.74, 6) is -2.94. The Bertz CT molecular complexity index is 289. The lowest BCUT2D eigenvalue weighted by Crippen LogP contribution is -2.43. The van der Waals surface area contributed by atoms with Crippen molar-refractivity contribution in [1.29, 1.82) is 0 Å². The molecule has 1 atom stereocenters. The van der Waals surface area contributed by atoms with E-state index in [0.717, 1.165) is 0 Å². The molecule has 1 amide bonds. The fraction of sp³-hybridized carbons (Fsp3) is 0.700. The van der Waals surface area contributed by atoms with Crippen LogP contribution in [-0.4, -0.2) is 46.8 Å². The topological polar surface area (TPSA) is 113 Å². The largest absolute Gasteiger partial charge is 0.481 e. The van der Waals surface area contributed by atoms with Crippen molar-refractivity contribution in [2.45, 2.75) is 38.8 Å². The van der Waals surface area contributed by atoms with Gasteiger partial charge in [-0.05, 0) is 20.3 Å². The summed E-state index contributed by atoms with van der Waals surface area (Å²) in [7, 11) is 0. The van der Waals surface area contributed by atoms with Crippen molar-refractivity contribution in [1.82, 2.24) is 5.32 Å². The summed E-state index contributed by atoms with van der Waals surface area (Å²) in [6, 6.07) is -1.20. The van der Waals surface area contributed by atoms with Gasteiger partial charge in [0.2, 0.25) is 5.91 Å². The van der Waals surface area contributed by atoms with Gasteiger partial charge in [-0.25, -0.2) is 4.79 Å². The van der Waals surface area contributed by atoms with Gasteiger partial charge in [0.15, 0.2) is 0 Å². The SMILES string of the molecule is CC(C)OCC(=O)N[C@@H](CCC(=O)O)C(=O)O. The number of amides is 1. The standard InChI is InChI=1S/C10H17NO6/c1-6(2)17-5-8(12)11-7(10(15)16)3-4-9(13)14/h6-7H,3-5H2,1-2H3,(H,11,12)(H,13,14)(H,15,16)/t7-/m0/s1. The number of hydrogen-bond acceptors (Lipinski definition) is 4. The molecule has 0 aromatic heterocycles. The van der Waals surface area contributed by atoms with Crippen LogP contribution in [-0.2, 0) is 19.1 Å². The van der Waals surface area contributed by atoms with Crippen molar-refractivity contribution >= 4 is 17.8 Å². The van der Waals surface area contributed by atoms with Crippen LogP contribution >= 0.6 is 0 Å². The Balaban J connectivity index is 4.11. The van der Waals surface area contributed by atoms with Crippen molar-refractivity contribution < 1.29 is 29.3 Å². The first-order chi connectivity index (χ1) is 7.82. The molecule has 0 aliphatic rings. The zero-order valence-electron chi connectivity index (χ0n) is 9.80. The van der Waals surface area contributed by atoms with Gasteiger partial charge in [0.05, 0.1) is 6.10 Å². The number of ether oxygens (including phenoxy) is 1. The summed E-state index contributed by atoms with van der Waals surface area (Å²) >= 11 is 0. The summed E-state index contributed by atoms with van der Waals surface area (Å²) in [5.41, 5.74) is 0. The molecule has 0 unspecified atom stereocenters. The number of hydrogen-bond donors (Lipinski definition) is 3. The number of carboxylic acids is 2. The molecule has 7 heteroatoms. The maximum Gasteiger partial charge on any atom is 0.326 e. The zero-order valence-corrected chi connectivity index (χ0v) is 9.80. The third-order valence-corrected chi connectivity index (χ3v) is 1.83. The minimum absolute atomic E-state index is 0.136. The first-order valence-electron chi connectivity index (χ1n) is 5.18. The quantitative estimate of drug-likeness (QED) is 0.549. The second-order valence-corrected chi connectivity index (χ2v) is 3.75. The molecule has 0 fully saturated rings. The minimum atomic E-state index is -1.26. The second-order valence-electron chi connectivity index (χ2n) is 3.75. The predicted octanol–water partition coefficient (Wildman–Crippen LogP) is -0.154. The highest BCUT2D eigenvalue weighted by Gasteiger charge is 2.20. The number of aliphatic carboxylic acids is 2. The van der Waals surface area contributed by atoms with Crippen LogP contribution in [0.2, 0.25) is 0 Å². The third kappa shape index (κ3) is 8.21. The maximum atomic E-state index is 11.3. The average molecular weight is 247 g/mol. The Hall–Kier alpha value is -1.63. The van der Waals surface area contributed by atoms with E-state index in [2.05, 4.69) is 5.32 Å². The van der Waals surface area contributed by atoms with Crippen LogP contribution in [0.3, 0.4) is 0 Å². The molecule has 0 aromatic rings. The zero-order chi connectivity index (χ0) is 13.4. The highest BCUT2D eigenvalue weighted by atomic mass is 16.5. The highest BCUT2D eigenvalue weighted by Crippen LogP contribution is 1.98. The molecule has 98 valence electrons. The van der Waals surface area contributed by atoms with Crippen LogP contribution < -0.4 is 5.32 Å². The van der Waals surface area contributed by atoms with Crippen molar-refractivity contribution in [3.8, 4) is 0 Å². The Morgan fingerprint density at radius 3 is 2.24 bits per heavy atom. The monoisotopic (exact) mass is 247 g/mol. The van der Waals surface area contributed by atoms with Crippen LogP contribution in [0.4, 0.5) is 0 Å². The molecule has 7 nitrogen and oxygen atoms in total. The Morgan fingerprint density at radius 1 is 1.24 bits per heavy atom. The van der Waals surface area contributed by atoms with Crippen LogP contribution in [0.5, 0.6) is 0 Å². The molecule has 0 radical (unpaired) electrons. The van der Waals surface area contributed by atoms with Gasteiger partial charge in [0.1, 0.15) is 12.6 Å². The number of nitrogens with one attached hydrogen (secondary N) is 1. The lowest BCUT2D eigenvalue weighted by molar-refractivity contribution is -0.144. The van der Waals surface area contributed by atoms with E-state index in [1.54, 1.807) is 13.8 Å². The highest BCUT2D eigenvalue weighted by molar-refractivity contribution is 5.84. The molecule has 3 N–H and O–H groups in total. The van der Waals surface area contributed by atoms with Crippen LogP contribution in [0.15, 0.2) is 0 Å². The molecule has 0 spiro atoms. The molecule has 0 bridgehead atoms. The van der Waals surface area contributed by atoms with Gasteiger partial charge in [-0.3, -0.25) is 9.59 Å². The predicted molar refractivity (Wildman–Crippen MR) is 57.5 cm³/mol. The number of carbonyl (C=O) groups is 3. The van der Waals surface area contributed by atoms with Gasteiger partial charge in [-0.2, -0.15) is 0 Å². The summed E-state index contributed by atoms with van der Waals surface area (Å²) < 4.78 is 4.99. The first-order valence-corrected chi connectivity index (χ1v) is 5.18. The van der Waals surface area contributed by atoms with Crippen molar-refractivity contribution in [2.75, 3.05) is 6.61 Å². The van der Waals surface area contributed by atoms with Gasteiger partial charge >= 0.3 is 11.9 Å². The van der Waals surface area contributed by atoms with E-state index < -0.39 is 23.9 Å². The lowest BCUT2D eigenvalue weighted by Gasteiger charge is -2.14. The van der Waals surface area contributed by atoms with E-state index in [9.17, 15) is 14.4 Å². The summed E-state index contributed by atoms with van der Waals surface area (Å²) in [6.45, 7) is 3.24. The summed E-state index contributed by atoms with van der Waals surface area (Å²) in [5, 5.41) is 19.4. The van der Waals surface area contributed by atoms with Gasteiger partial charge in [0, 0.05) is 6.42 Å². The molecular weight excluding hydrogens is 230 g/mol. The van der Waals surface area contributed by atoms with Gasteiger partial charge < -0.3 is 20.3 Å². The van der Waals surface area contributed by atoms with Crippen LogP contribution in [0.1, 0.15) is 26.7 Å². The van der Waals surface area contributed by atoms with Crippen molar-refractivity contribution in [3.05, 3.63) is 0 Å². The molecule has 0 heterocycles. The normalized spacial score (nSPS) is 12.2. The van der Waals surface area contributed by atoms with Crippen molar-refractivity contribution in [3.63, 3.8) is 0 Å².